The van der Waals surface area contributed by atoms with Crippen LogP contribution in [0.15, 0.2) is 0 Å². The highest BCUT2D eigenvalue weighted by Crippen LogP contribution is 2.80. The number of esters is 1. The number of Topliss-reactive ketones (excluding diaryl/α,β-unsaturated/α-hetero) is 1. The second-order valence-corrected chi connectivity index (χ2v) is 12.1. The highest BCUT2D eigenvalue weighted by Gasteiger charge is 2.88. The highest BCUT2D eigenvalue weighted by atomic mass is 16.7. The Balaban J connectivity index is 1.37. The number of methoxy groups -OCH3 is 2. The van der Waals surface area contributed by atoms with E-state index in [1.807, 2.05) is 0 Å². The topological polar surface area (TPSA) is 91.4 Å². The minimum absolute atomic E-state index is 0.0172. The van der Waals surface area contributed by atoms with Gasteiger partial charge in [0.25, 0.3) is 0 Å². The van der Waals surface area contributed by atoms with Gasteiger partial charge in [0, 0.05) is 18.8 Å². The Kier molecular flexibility index (Phi) is 5.62. The molecule has 7 nitrogen and oxygen atoms in total. The molecule has 1 aliphatic heterocycles. The first-order valence-electron chi connectivity index (χ1n) is 13.1. The fraction of sp³-hybridized carbons (Fsp3) is 0.889. The van der Waals surface area contributed by atoms with Crippen LogP contribution < -0.4 is 0 Å². The number of rotatable bonds is 5. The number of hydrogen-bond acceptors (Lipinski definition) is 7. The molecule has 5 fully saturated rings. The summed E-state index contributed by atoms with van der Waals surface area (Å²) in [7, 11) is 2.77. The van der Waals surface area contributed by atoms with Crippen LogP contribution in [0.4, 0.5) is 4.79 Å². The molecule has 0 unspecified atom stereocenters. The third kappa shape index (κ3) is 3.00. The molecule has 4 aliphatic carbocycles. The molecule has 5 aliphatic rings. The van der Waals surface area contributed by atoms with Crippen LogP contribution in [0.5, 0.6) is 0 Å². The summed E-state index contributed by atoms with van der Waals surface area (Å²) in [4.78, 5) is 37.4. The maximum Gasteiger partial charge on any atom is 0.508 e. The summed E-state index contributed by atoms with van der Waals surface area (Å²) < 4.78 is 21.9. The molecular weight excluding hydrogens is 436 g/mol. The average Bonchev–Trinajstić information content (AvgIpc) is 3.38. The van der Waals surface area contributed by atoms with E-state index in [2.05, 4.69) is 20.8 Å². The van der Waals surface area contributed by atoms with Crippen molar-refractivity contribution in [2.45, 2.75) is 102 Å². The van der Waals surface area contributed by atoms with Crippen molar-refractivity contribution in [3.05, 3.63) is 0 Å². The van der Waals surface area contributed by atoms with Gasteiger partial charge in [-0.25, -0.2) is 4.79 Å². The van der Waals surface area contributed by atoms with E-state index in [1.165, 1.54) is 14.2 Å². The van der Waals surface area contributed by atoms with Crippen LogP contribution in [0.1, 0.15) is 85.0 Å². The molecule has 0 aromatic carbocycles. The van der Waals surface area contributed by atoms with Gasteiger partial charge in [0.2, 0.25) is 0 Å². The summed E-state index contributed by atoms with van der Waals surface area (Å²) in [6, 6.07) is 0. The van der Waals surface area contributed by atoms with Gasteiger partial charge in [-0.05, 0) is 81.5 Å². The summed E-state index contributed by atoms with van der Waals surface area (Å²) in [5, 5.41) is 0. The molecule has 0 radical (unpaired) electrons. The first-order valence-corrected chi connectivity index (χ1v) is 13.1. The Bertz CT molecular complexity index is 886. The molecule has 190 valence electrons. The zero-order valence-electron chi connectivity index (χ0n) is 21.3. The third-order valence-electron chi connectivity index (χ3n) is 11.2. The van der Waals surface area contributed by atoms with Gasteiger partial charge < -0.3 is 18.9 Å². The normalized spacial score (nSPS) is 47.4. The lowest BCUT2D eigenvalue weighted by Crippen LogP contribution is -2.62. The van der Waals surface area contributed by atoms with Gasteiger partial charge in [0.1, 0.15) is 23.1 Å². The Morgan fingerprint density at radius 1 is 1.09 bits per heavy atom. The third-order valence-corrected chi connectivity index (χ3v) is 11.2. The molecule has 0 N–H and O–H groups in total. The molecule has 9 atom stereocenters. The number of carbonyl (C=O) groups excluding carboxylic acids is 3. The van der Waals surface area contributed by atoms with E-state index < -0.39 is 11.6 Å². The van der Waals surface area contributed by atoms with E-state index in [9.17, 15) is 14.4 Å². The summed E-state index contributed by atoms with van der Waals surface area (Å²) >= 11 is 0. The summed E-state index contributed by atoms with van der Waals surface area (Å²) in [6.07, 6.45) is 7.53. The van der Waals surface area contributed by atoms with Gasteiger partial charge in [-0.1, -0.05) is 13.8 Å². The summed E-state index contributed by atoms with van der Waals surface area (Å²) in [5.41, 5.74) is -1.01. The van der Waals surface area contributed by atoms with E-state index in [0.717, 1.165) is 51.4 Å². The minimum atomic E-state index is -0.604. The Morgan fingerprint density at radius 2 is 1.85 bits per heavy atom. The lowest BCUT2D eigenvalue weighted by molar-refractivity contribution is -0.147. The molecule has 7 heteroatoms. The molecular formula is C27H40O7. The molecule has 5 rings (SSSR count). The van der Waals surface area contributed by atoms with Crippen molar-refractivity contribution in [3.63, 3.8) is 0 Å². The fourth-order valence-electron chi connectivity index (χ4n) is 9.31. The van der Waals surface area contributed by atoms with Crippen LogP contribution in [0.3, 0.4) is 0 Å². The van der Waals surface area contributed by atoms with Gasteiger partial charge in [0.05, 0.1) is 19.6 Å². The molecule has 2 spiro atoms. The van der Waals surface area contributed by atoms with Gasteiger partial charge in [-0.3, -0.25) is 9.59 Å². The second-order valence-electron chi connectivity index (χ2n) is 12.1. The van der Waals surface area contributed by atoms with Crippen molar-refractivity contribution in [3.8, 4) is 0 Å². The number of hydrogen-bond donors (Lipinski definition) is 0. The molecule has 1 saturated heterocycles. The maximum absolute atomic E-state index is 14.0. The number of fused-ring (bicyclic) bond motifs is 2. The molecule has 0 amide bonds. The predicted octanol–water partition coefficient (Wildman–Crippen LogP) is 4.84. The van der Waals surface area contributed by atoms with Gasteiger partial charge in [-0.2, -0.15) is 0 Å². The predicted molar refractivity (Wildman–Crippen MR) is 123 cm³/mol. The largest absolute Gasteiger partial charge is 0.508 e. The van der Waals surface area contributed by atoms with E-state index in [-0.39, 0.29) is 46.4 Å². The van der Waals surface area contributed by atoms with Crippen LogP contribution in [0, 0.1) is 34.5 Å². The lowest BCUT2D eigenvalue weighted by atomic mass is 9.44. The maximum atomic E-state index is 14.0. The van der Waals surface area contributed by atoms with E-state index in [1.54, 1.807) is 0 Å². The van der Waals surface area contributed by atoms with E-state index in [0.29, 0.717) is 24.5 Å². The van der Waals surface area contributed by atoms with Gasteiger partial charge in [0.15, 0.2) is 0 Å². The van der Waals surface area contributed by atoms with E-state index >= 15 is 0 Å². The highest BCUT2D eigenvalue weighted by molar-refractivity contribution is 5.90. The monoisotopic (exact) mass is 476 g/mol. The van der Waals surface area contributed by atoms with Crippen molar-refractivity contribution in [2.75, 3.05) is 14.2 Å². The van der Waals surface area contributed by atoms with Crippen molar-refractivity contribution < 1.29 is 33.3 Å². The Labute approximate surface area is 202 Å². The zero-order chi connectivity index (χ0) is 24.5. The lowest BCUT2D eigenvalue weighted by Gasteiger charge is -2.57. The van der Waals surface area contributed by atoms with Gasteiger partial charge >= 0.3 is 12.1 Å². The number of ether oxygens (including phenoxy) is 4. The van der Waals surface area contributed by atoms with Gasteiger partial charge in [-0.15, -0.1) is 0 Å². The molecule has 4 saturated carbocycles. The van der Waals surface area contributed by atoms with Crippen LogP contribution in [0.2, 0.25) is 0 Å². The number of ketones is 1. The minimum Gasteiger partial charge on any atom is -0.469 e. The second kappa shape index (κ2) is 7.94. The standard InChI is InChI=1S/C27H40O7/c1-16(6-7-22(29)31-4)19-10-13-27-25(19,3)21(28)15-20-24(2)11-9-18(33-23(30)32-5)14-17(24)8-12-26(20,27)34-27/h16-20H,6-15H2,1-5H3/t16-,17-,18+,19-,20-,24+,25+,26+,27+/m1/s1. The zero-order valence-corrected chi connectivity index (χ0v) is 21.3. The van der Waals surface area contributed by atoms with Crippen molar-refractivity contribution in [1.82, 2.24) is 0 Å². The molecule has 0 aromatic heterocycles. The van der Waals surface area contributed by atoms with Crippen LogP contribution in [0.25, 0.3) is 0 Å². The molecule has 0 bridgehead atoms. The van der Waals surface area contributed by atoms with Crippen LogP contribution in [-0.2, 0) is 28.5 Å². The average molecular weight is 477 g/mol. The Hall–Kier alpha value is -1.63. The summed E-state index contributed by atoms with van der Waals surface area (Å²) in [5.74, 6) is 1.32. The molecule has 34 heavy (non-hydrogen) atoms. The first kappa shape index (κ1) is 24.1. The fourth-order valence-corrected chi connectivity index (χ4v) is 9.31. The SMILES string of the molecule is COC(=O)CC[C@@H](C)[C@H]1CC[C@@]23O[C@]24CC[C@@H]2C[C@@H](OC(=O)OC)CC[C@]2(C)[C@H]4CC(=O)[C@]13C. The van der Waals surface area contributed by atoms with E-state index in [4.69, 9.17) is 18.9 Å². The van der Waals surface area contributed by atoms with Crippen LogP contribution >= 0.6 is 0 Å². The summed E-state index contributed by atoms with van der Waals surface area (Å²) in [6.45, 7) is 6.71. The van der Waals surface area contributed by atoms with Crippen molar-refractivity contribution >= 4 is 17.9 Å². The molecule has 1 heterocycles. The van der Waals surface area contributed by atoms with Crippen LogP contribution in [-0.4, -0.2) is 49.4 Å². The number of epoxide rings is 1. The Morgan fingerprint density at radius 3 is 2.56 bits per heavy atom. The van der Waals surface area contributed by atoms with Crippen molar-refractivity contribution in [2.24, 2.45) is 34.5 Å². The van der Waals surface area contributed by atoms with Crippen molar-refractivity contribution in [1.29, 1.82) is 0 Å². The smallest absolute Gasteiger partial charge is 0.469 e. The first-order chi connectivity index (χ1) is 16.1. The number of carbonyl (C=O) groups is 3. The quantitative estimate of drug-likeness (QED) is 0.414. The molecule has 0 aromatic rings.